The number of ether oxygens (including phenoxy) is 1. The number of rotatable bonds is 4. The molecular formula is C20H18N4O3. The molecule has 4 rings (SSSR count). The number of nitrogens with zero attached hydrogens (tertiary/aromatic N) is 1. The first kappa shape index (κ1) is 16.8. The molecule has 0 saturated carbocycles. The number of H-pyrrole nitrogens is 1. The molecule has 0 unspecified atom stereocenters. The fourth-order valence-electron chi connectivity index (χ4n) is 3.29. The normalized spacial score (nSPS) is 15.6. The lowest BCUT2D eigenvalue weighted by Gasteiger charge is -2.25. The van der Waals surface area contributed by atoms with Crippen LogP contribution in [-0.2, 0) is 4.79 Å². The number of fused-ring (bicyclic) bond motifs is 1. The highest BCUT2D eigenvalue weighted by Crippen LogP contribution is 2.37. The minimum Gasteiger partial charge on any atom is -0.496 e. The molecule has 2 aromatic carbocycles. The molecule has 1 aromatic heterocycles. The Morgan fingerprint density at radius 1 is 1.26 bits per heavy atom. The SMILES string of the molecule is COc1ccccc1C(=O)Nc1ccc2c(c1)NC(=O)C[C@@H]2c1ncc[nH]1. The van der Waals surface area contributed by atoms with Gasteiger partial charge in [-0.2, -0.15) is 0 Å². The number of nitrogens with one attached hydrogen (secondary N) is 3. The monoisotopic (exact) mass is 362 g/mol. The molecule has 3 aromatic rings. The fourth-order valence-corrected chi connectivity index (χ4v) is 3.29. The molecule has 0 saturated heterocycles. The van der Waals surface area contributed by atoms with E-state index in [-0.39, 0.29) is 17.7 Å². The molecule has 1 aliphatic rings. The molecule has 3 N–H and O–H groups in total. The van der Waals surface area contributed by atoms with E-state index in [9.17, 15) is 9.59 Å². The van der Waals surface area contributed by atoms with Gasteiger partial charge >= 0.3 is 0 Å². The minimum atomic E-state index is -0.280. The van der Waals surface area contributed by atoms with Gasteiger partial charge in [0, 0.05) is 30.2 Å². The van der Waals surface area contributed by atoms with Crippen LogP contribution in [0.4, 0.5) is 11.4 Å². The first-order valence-electron chi connectivity index (χ1n) is 8.53. The smallest absolute Gasteiger partial charge is 0.259 e. The predicted octanol–water partition coefficient (Wildman–Crippen LogP) is 3.14. The van der Waals surface area contributed by atoms with Crippen LogP contribution in [0.1, 0.15) is 34.1 Å². The maximum absolute atomic E-state index is 12.6. The van der Waals surface area contributed by atoms with E-state index in [0.29, 0.717) is 29.1 Å². The van der Waals surface area contributed by atoms with Crippen molar-refractivity contribution in [2.45, 2.75) is 12.3 Å². The average molecular weight is 362 g/mol. The van der Waals surface area contributed by atoms with Crippen LogP contribution in [0.25, 0.3) is 0 Å². The van der Waals surface area contributed by atoms with Crippen LogP contribution in [-0.4, -0.2) is 28.9 Å². The third-order valence-electron chi connectivity index (χ3n) is 4.55. The Bertz CT molecular complexity index is 998. The third-order valence-corrected chi connectivity index (χ3v) is 4.55. The Hall–Kier alpha value is -3.61. The number of aromatic nitrogens is 2. The van der Waals surface area contributed by atoms with E-state index in [4.69, 9.17) is 4.74 Å². The Kier molecular flexibility index (Phi) is 4.33. The molecule has 0 radical (unpaired) electrons. The summed E-state index contributed by atoms with van der Waals surface area (Å²) in [6.07, 6.45) is 3.74. The van der Waals surface area contributed by atoms with Crippen LogP contribution in [0.5, 0.6) is 5.75 Å². The molecule has 1 atom stereocenters. The predicted molar refractivity (Wildman–Crippen MR) is 101 cm³/mol. The highest BCUT2D eigenvalue weighted by Gasteiger charge is 2.28. The molecular weight excluding hydrogens is 344 g/mol. The Morgan fingerprint density at radius 3 is 2.89 bits per heavy atom. The molecule has 136 valence electrons. The quantitative estimate of drug-likeness (QED) is 0.664. The number of hydrogen-bond donors (Lipinski definition) is 3. The topological polar surface area (TPSA) is 96.1 Å². The van der Waals surface area contributed by atoms with E-state index >= 15 is 0 Å². The van der Waals surface area contributed by atoms with Gasteiger partial charge in [-0.05, 0) is 29.8 Å². The molecule has 7 nitrogen and oxygen atoms in total. The summed E-state index contributed by atoms with van der Waals surface area (Å²) in [7, 11) is 1.52. The van der Waals surface area contributed by atoms with Gasteiger partial charge in [-0.1, -0.05) is 18.2 Å². The van der Waals surface area contributed by atoms with Crippen LogP contribution in [0.3, 0.4) is 0 Å². The maximum atomic E-state index is 12.6. The standard InChI is InChI=1S/C20H18N4O3/c1-27-17-5-3-2-4-14(17)20(26)23-12-6-7-13-15(19-21-8-9-22-19)11-18(25)24-16(13)10-12/h2-10,15H,11H2,1H3,(H,21,22)(H,23,26)(H,24,25)/t15-/m0/s1. The summed E-state index contributed by atoms with van der Waals surface area (Å²) in [6, 6.07) is 12.5. The Morgan fingerprint density at radius 2 is 2.11 bits per heavy atom. The van der Waals surface area contributed by atoms with E-state index in [1.54, 1.807) is 42.7 Å². The average Bonchev–Trinajstić information content (AvgIpc) is 3.21. The van der Waals surface area contributed by atoms with Gasteiger partial charge < -0.3 is 20.4 Å². The summed E-state index contributed by atoms with van der Waals surface area (Å²) in [5.41, 5.74) is 2.66. The first-order chi connectivity index (χ1) is 13.2. The number of benzene rings is 2. The summed E-state index contributed by atoms with van der Waals surface area (Å²) < 4.78 is 5.24. The minimum absolute atomic E-state index is 0.0860. The van der Waals surface area contributed by atoms with Gasteiger partial charge in [-0.25, -0.2) is 4.98 Å². The van der Waals surface area contributed by atoms with Crippen LogP contribution in [0.2, 0.25) is 0 Å². The van der Waals surface area contributed by atoms with E-state index in [1.165, 1.54) is 7.11 Å². The number of carbonyl (C=O) groups is 2. The van der Waals surface area contributed by atoms with Gasteiger partial charge in [0.25, 0.3) is 5.91 Å². The van der Waals surface area contributed by atoms with Crippen molar-refractivity contribution in [2.24, 2.45) is 0 Å². The molecule has 0 spiro atoms. The Balaban J connectivity index is 1.62. The van der Waals surface area contributed by atoms with Crippen molar-refractivity contribution in [1.29, 1.82) is 0 Å². The number of para-hydroxylation sites is 1. The van der Waals surface area contributed by atoms with Crippen LogP contribution in [0, 0.1) is 0 Å². The molecule has 0 bridgehead atoms. The van der Waals surface area contributed by atoms with Crippen LogP contribution >= 0.6 is 0 Å². The number of imidazole rings is 1. The zero-order valence-corrected chi connectivity index (χ0v) is 14.7. The lowest BCUT2D eigenvalue weighted by Crippen LogP contribution is -2.24. The fraction of sp³-hybridized carbons (Fsp3) is 0.150. The van der Waals surface area contributed by atoms with E-state index in [0.717, 1.165) is 11.4 Å². The molecule has 27 heavy (non-hydrogen) atoms. The Labute approximate surface area is 155 Å². The number of amides is 2. The molecule has 0 aliphatic carbocycles. The van der Waals surface area contributed by atoms with Crippen LogP contribution in [0.15, 0.2) is 54.9 Å². The summed E-state index contributed by atoms with van der Waals surface area (Å²) in [5, 5.41) is 5.72. The van der Waals surface area contributed by atoms with Crippen molar-refractivity contribution in [3.05, 3.63) is 71.8 Å². The van der Waals surface area contributed by atoms with Crippen molar-refractivity contribution in [2.75, 3.05) is 17.7 Å². The van der Waals surface area contributed by atoms with E-state index in [2.05, 4.69) is 20.6 Å². The lowest BCUT2D eigenvalue weighted by atomic mass is 9.89. The van der Waals surface area contributed by atoms with Gasteiger partial charge in [0.05, 0.1) is 18.6 Å². The maximum Gasteiger partial charge on any atom is 0.259 e. The molecule has 7 heteroatoms. The van der Waals surface area contributed by atoms with E-state index < -0.39 is 0 Å². The third kappa shape index (κ3) is 3.27. The van der Waals surface area contributed by atoms with Gasteiger partial charge in [0.15, 0.2) is 0 Å². The van der Waals surface area contributed by atoms with Crippen molar-refractivity contribution >= 4 is 23.2 Å². The molecule has 1 aliphatic heterocycles. The summed E-state index contributed by atoms with van der Waals surface area (Å²) in [6.45, 7) is 0. The van der Waals surface area contributed by atoms with Crippen molar-refractivity contribution in [3.8, 4) is 5.75 Å². The number of aromatic amines is 1. The largest absolute Gasteiger partial charge is 0.496 e. The lowest BCUT2D eigenvalue weighted by molar-refractivity contribution is -0.116. The zero-order chi connectivity index (χ0) is 18.8. The second-order valence-electron chi connectivity index (χ2n) is 6.24. The highest BCUT2D eigenvalue weighted by atomic mass is 16.5. The summed E-state index contributed by atoms with van der Waals surface area (Å²) in [4.78, 5) is 32.1. The summed E-state index contributed by atoms with van der Waals surface area (Å²) in [5.74, 6) is 0.744. The number of anilines is 2. The summed E-state index contributed by atoms with van der Waals surface area (Å²) >= 11 is 0. The number of hydrogen-bond acceptors (Lipinski definition) is 4. The highest BCUT2D eigenvalue weighted by molar-refractivity contribution is 6.06. The first-order valence-corrected chi connectivity index (χ1v) is 8.53. The van der Waals surface area contributed by atoms with Crippen molar-refractivity contribution < 1.29 is 14.3 Å². The zero-order valence-electron chi connectivity index (χ0n) is 14.7. The van der Waals surface area contributed by atoms with Crippen molar-refractivity contribution in [3.63, 3.8) is 0 Å². The van der Waals surface area contributed by atoms with Gasteiger partial charge in [0.1, 0.15) is 11.6 Å². The number of carbonyl (C=O) groups excluding carboxylic acids is 2. The number of methoxy groups -OCH3 is 1. The van der Waals surface area contributed by atoms with Crippen molar-refractivity contribution in [1.82, 2.24) is 9.97 Å². The van der Waals surface area contributed by atoms with Gasteiger partial charge in [0.2, 0.25) is 5.91 Å². The van der Waals surface area contributed by atoms with Crippen LogP contribution < -0.4 is 15.4 Å². The van der Waals surface area contributed by atoms with Gasteiger partial charge in [-0.3, -0.25) is 9.59 Å². The molecule has 2 heterocycles. The van der Waals surface area contributed by atoms with Gasteiger partial charge in [-0.15, -0.1) is 0 Å². The molecule has 0 fully saturated rings. The second-order valence-corrected chi connectivity index (χ2v) is 6.24. The second kappa shape index (κ2) is 6.95. The molecule has 2 amide bonds. The van der Waals surface area contributed by atoms with E-state index in [1.807, 2.05) is 12.1 Å².